The number of aliphatic hydroxyl groups is 1. The zero-order chi connectivity index (χ0) is 14.8. The van der Waals surface area contributed by atoms with Crippen molar-refractivity contribution in [1.29, 1.82) is 10.7 Å². The van der Waals surface area contributed by atoms with Gasteiger partial charge in [0.2, 0.25) is 0 Å². The van der Waals surface area contributed by atoms with Crippen molar-refractivity contribution in [2.45, 2.75) is 45.1 Å². The molecule has 1 unspecified atom stereocenters. The molecule has 0 saturated carbocycles. The second-order valence-electron chi connectivity index (χ2n) is 5.51. The van der Waals surface area contributed by atoms with Gasteiger partial charge in [-0.25, -0.2) is 0 Å². The minimum Gasteiger partial charge on any atom is -0.508 e. The molecule has 4 heteroatoms. The van der Waals surface area contributed by atoms with Crippen molar-refractivity contribution < 1.29 is 5.11 Å². The topological polar surface area (TPSA) is 71.1 Å². The van der Waals surface area contributed by atoms with Crippen LogP contribution in [0.15, 0.2) is 35.1 Å². The van der Waals surface area contributed by atoms with E-state index in [1.807, 2.05) is 17.9 Å². The smallest absolute Gasteiger partial charge is 0.140 e. The number of amidine groups is 1. The molecule has 1 aliphatic heterocycles. The van der Waals surface area contributed by atoms with Gasteiger partial charge in [-0.1, -0.05) is 32.3 Å². The lowest BCUT2D eigenvalue weighted by Crippen LogP contribution is -2.45. The van der Waals surface area contributed by atoms with E-state index < -0.39 is 5.54 Å². The summed E-state index contributed by atoms with van der Waals surface area (Å²) in [5.74, 6) is 0.419. The van der Waals surface area contributed by atoms with Crippen LogP contribution in [0.2, 0.25) is 0 Å². The van der Waals surface area contributed by atoms with E-state index >= 15 is 0 Å². The third-order valence-electron chi connectivity index (χ3n) is 4.10. The molecule has 0 bridgehead atoms. The van der Waals surface area contributed by atoms with Crippen molar-refractivity contribution in [1.82, 2.24) is 4.90 Å². The quantitative estimate of drug-likeness (QED) is 0.752. The van der Waals surface area contributed by atoms with Crippen molar-refractivity contribution in [3.8, 4) is 6.07 Å². The number of nitrogens with one attached hydrogen (secondary N) is 1. The van der Waals surface area contributed by atoms with Crippen LogP contribution in [0.5, 0.6) is 0 Å². The lowest BCUT2D eigenvalue weighted by atomic mass is 9.86. The fraction of sp³-hybridized carbons (Fsp3) is 0.500. The van der Waals surface area contributed by atoms with Crippen molar-refractivity contribution in [2.24, 2.45) is 0 Å². The van der Waals surface area contributed by atoms with Gasteiger partial charge in [0.15, 0.2) is 0 Å². The molecule has 0 fully saturated rings. The van der Waals surface area contributed by atoms with Crippen LogP contribution in [0.25, 0.3) is 0 Å². The Morgan fingerprint density at radius 2 is 2.15 bits per heavy atom. The number of allylic oxidation sites excluding steroid dienone is 1. The van der Waals surface area contributed by atoms with Gasteiger partial charge in [0.25, 0.3) is 0 Å². The molecule has 0 aromatic carbocycles. The van der Waals surface area contributed by atoms with E-state index in [0.717, 1.165) is 25.0 Å². The zero-order valence-corrected chi connectivity index (χ0v) is 12.1. The van der Waals surface area contributed by atoms with Crippen LogP contribution in [0.4, 0.5) is 0 Å². The summed E-state index contributed by atoms with van der Waals surface area (Å²) in [5, 5.41) is 27.2. The van der Waals surface area contributed by atoms with E-state index in [2.05, 4.69) is 13.0 Å². The molecule has 2 rings (SSSR count). The molecule has 0 aromatic heterocycles. The minimum atomic E-state index is -0.472. The van der Waals surface area contributed by atoms with Gasteiger partial charge < -0.3 is 10.0 Å². The third-order valence-corrected chi connectivity index (χ3v) is 4.10. The van der Waals surface area contributed by atoms with Crippen molar-refractivity contribution in [3.05, 3.63) is 35.1 Å². The molecule has 1 aliphatic carbocycles. The van der Waals surface area contributed by atoms with Gasteiger partial charge in [-0.2, -0.15) is 5.26 Å². The maximum atomic E-state index is 9.64. The van der Waals surface area contributed by atoms with Crippen molar-refractivity contribution >= 4 is 5.84 Å². The molecule has 1 atom stereocenters. The highest BCUT2D eigenvalue weighted by atomic mass is 16.3. The summed E-state index contributed by atoms with van der Waals surface area (Å²) in [4.78, 5) is 1.97. The summed E-state index contributed by atoms with van der Waals surface area (Å²) >= 11 is 0. The predicted octanol–water partition coefficient (Wildman–Crippen LogP) is 3.45. The number of unbranched alkanes of at least 4 members (excludes halogenated alkanes) is 3. The van der Waals surface area contributed by atoms with E-state index in [9.17, 15) is 10.4 Å². The molecule has 1 heterocycles. The molecule has 4 nitrogen and oxygen atoms in total. The molecule has 20 heavy (non-hydrogen) atoms. The normalized spacial score (nSPS) is 24.8. The average Bonchev–Trinajstić information content (AvgIpc) is 2.63. The molecule has 0 spiro atoms. The van der Waals surface area contributed by atoms with Crippen LogP contribution in [-0.2, 0) is 0 Å². The minimum absolute atomic E-state index is 0.144. The Morgan fingerprint density at radius 1 is 1.40 bits per heavy atom. The van der Waals surface area contributed by atoms with Crippen LogP contribution < -0.4 is 0 Å². The van der Waals surface area contributed by atoms with Crippen LogP contribution in [0, 0.1) is 16.7 Å². The summed E-state index contributed by atoms with van der Waals surface area (Å²) in [6, 6.07) is 2.11. The highest BCUT2D eigenvalue weighted by molar-refractivity contribution is 6.05. The number of aliphatic hydroxyl groups excluding tert-OH is 1. The molecule has 0 saturated heterocycles. The second kappa shape index (κ2) is 5.54. The molecule has 0 radical (unpaired) electrons. The van der Waals surface area contributed by atoms with Crippen LogP contribution in [0.3, 0.4) is 0 Å². The number of nitrogens with zero attached hydrogens (tertiary/aromatic N) is 2. The van der Waals surface area contributed by atoms with E-state index in [1.54, 1.807) is 12.2 Å². The third kappa shape index (κ3) is 2.24. The van der Waals surface area contributed by atoms with Gasteiger partial charge in [0.1, 0.15) is 17.7 Å². The lowest BCUT2D eigenvalue weighted by Gasteiger charge is -2.37. The SMILES string of the molecule is CCCCCCN1C(=N)C(C#N)=C2C=C(O)C=CC21C. The molecule has 0 amide bonds. The molecular formula is C16H21N3O. The Labute approximate surface area is 120 Å². The first kappa shape index (κ1) is 14.4. The highest BCUT2D eigenvalue weighted by Crippen LogP contribution is 2.40. The Kier molecular flexibility index (Phi) is 3.99. The van der Waals surface area contributed by atoms with E-state index in [1.165, 1.54) is 12.8 Å². The van der Waals surface area contributed by atoms with Crippen LogP contribution >= 0.6 is 0 Å². The zero-order valence-electron chi connectivity index (χ0n) is 12.1. The molecule has 2 N–H and O–H groups in total. The van der Waals surface area contributed by atoms with E-state index in [4.69, 9.17) is 5.41 Å². The summed E-state index contributed by atoms with van der Waals surface area (Å²) in [7, 11) is 0. The Morgan fingerprint density at radius 3 is 2.80 bits per heavy atom. The number of nitriles is 1. The predicted molar refractivity (Wildman–Crippen MR) is 79.5 cm³/mol. The van der Waals surface area contributed by atoms with E-state index in [-0.39, 0.29) is 11.6 Å². The number of rotatable bonds is 5. The largest absolute Gasteiger partial charge is 0.508 e. The molecule has 2 aliphatic rings. The lowest BCUT2D eigenvalue weighted by molar-refractivity contribution is 0.292. The first-order valence-electron chi connectivity index (χ1n) is 7.16. The van der Waals surface area contributed by atoms with Gasteiger partial charge in [-0.05, 0) is 25.5 Å². The van der Waals surface area contributed by atoms with Crippen LogP contribution in [0.1, 0.15) is 39.5 Å². The number of hydrogen-bond acceptors (Lipinski definition) is 3. The van der Waals surface area contributed by atoms with Crippen molar-refractivity contribution in [3.63, 3.8) is 0 Å². The average molecular weight is 271 g/mol. The summed E-state index contributed by atoms with van der Waals surface area (Å²) in [6.45, 7) is 4.94. The second-order valence-corrected chi connectivity index (χ2v) is 5.51. The van der Waals surface area contributed by atoms with Gasteiger partial charge >= 0.3 is 0 Å². The maximum absolute atomic E-state index is 9.64. The Bertz CT molecular complexity index is 551. The Balaban J connectivity index is 2.24. The maximum Gasteiger partial charge on any atom is 0.140 e. The Hall–Kier alpha value is -2.02. The summed E-state index contributed by atoms with van der Waals surface area (Å²) in [5.41, 5.74) is 0.639. The molecule has 0 aromatic rings. The van der Waals surface area contributed by atoms with Crippen LogP contribution in [-0.4, -0.2) is 27.9 Å². The highest BCUT2D eigenvalue weighted by Gasteiger charge is 2.44. The monoisotopic (exact) mass is 271 g/mol. The van der Waals surface area contributed by atoms with Gasteiger partial charge in [-0.3, -0.25) is 5.41 Å². The standard InChI is InChI=1S/C16H21N3O/c1-3-4-5-6-9-19-15(18)13(11-17)14-10-12(20)7-8-16(14,19)2/h7-8,10,18,20H,3-6,9H2,1-2H3. The summed E-state index contributed by atoms with van der Waals surface area (Å²) < 4.78 is 0. The molecule has 106 valence electrons. The first-order valence-corrected chi connectivity index (χ1v) is 7.16. The van der Waals surface area contributed by atoms with E-state index in [0.29, 0.717) is 5.57 Å². The van der Waals surface area contributed by atoms with Crippen molar-refractivity contribution in [2.75, 3.05) is 6.54 Å². The number of hydrogen-bond donors (Lipinski definition) is 2. The van der Waals surface area contributed by atoms with Gasteiger partial charge in [0.05, 0.1) is 11.1 Å². The number of fused-ring (bicyclic) bond motifs is 1. The first-order chi connectivity index (χ1) is 9.54. The fourth-order valence-corrected chi connectivity index (χ4v) is 2.89. The fourth-order valence-electron chi connectivity index (χ4n) is 2.89. The molecular weight excluding hydrogens is 250 g/mol. The van der Waals surface area contributed by atoms with Gasteiger partial charge in [0, 0.05) is 12.1 Å². The summed E-state index contributed by atoms with van der Waals surface area (Å²) in [6.07, 6.45) is 9.67. The van der Waals surface area contributed by atoms with Gasteiger partial charge in [-0.15, -0.1) is 0 Å².